The smallest absolute Gasteiger partial charge is 0.306 e. The summed E-state index contributed by atoms with van der Waals surface area (Å²) in [4.78, 5) is 79.5. The molecule has 386 valence electrons. The van der Waals surface area contributed by atoms with Crippen molar-refractivity contribution in [3.63, 3.8) is 0 Å². The number of aliphatic hydroxyl groups excluding tert-OH is 1. The zero-order chi connectivity index (χ0) is 48.9. The SMILES string of the molecule is CCCCCCCOC(=O)CCCCC(=O)OCC(COC(=O)CCCCC(=O)OCCCCCCC)(COC(=O)CCCN(C)CCCO)COC(=O)CC(CCCCC)CCCCC. The van der Waals surface area contributed by atoms with E-state index in [0.717, 1.165) is 116 Å². The highest BCUT2D eigenvalue weighted by atomic mass is 16.6. The van der Waals surface area contributed by atoms with Gasteiger partial charge < -0.3 is 38.4 Å². The van der Waals surface area contributed by atoms with Gasteiger partial charge >= 0.3 is 35.8 Å². The minimum absolute atomic E-state index is 0.0159. The molecule has 0 aliphatic rings. The van der Waals surface area contributed by atoms with Crippen molar-refractivity contribution in [2.75, 3.05) is 66.4 Å². The van der Waals surface area contributed by atoms with Crippen LogP contribution in [0.4, 0.5) is 0 Å². The molecule has 0 spiro atoms. The lowest BCUT2D eigenvalue weighted by Gasteiger charge is -2.32. The first-order valence-corrected chi connectivity index (χ1v) is 26.2. The Morgan fingerprint density at radius 3 is 1.14 bits per heavy atom. The van der Waals surface area contributed by atoms with Gasteiger partial charge in [-0.25, -0.2) is 0 Å². The van der Waals surface area contributed by atoms with Crippen LogP contribution in [0.3, 0.4) is 0 Å². The lowest BCUT2D eigenvalue weighted by Crippen LogP contribution is -2.44. The number of ether oxygens (including phenoxy) is 6. The molecule has 0 aliphatic carbocycles. The Morgan fingerprint density at radius 1 is 0.409 bits per heavy atom. The fourth-order valence-electron chi connectivity index (χ4n) is 7.36. The summed E-state index contributed by atoms with van der Waals surface area (Å²) in [6.07, 6.45) is 22.2. The molecule has 0 bridgehead atoms. The zero-order valence-corrected chi connectivity index (χ0v) is 42.4. The Morgan fingerprint density at radius 2 is 0.742 bits per heavy atom. The number of rotatable bonds is 47. The molecule has 0 saturated heterocycles. The minimum Gasteiger partial charge on any atom is -0.466 e. The van der Waals surface area contributed by atoms with Gasteiger partial charge in [-0.15, -0.1) is 0 Å². The number of carbonyl (C=O) groups is 6. The number of aliphatic hydroxyl groups is 1. The fourth-order valence-corrected chi connectivity index (χ4v) is 7.36. The predicted octanol–water partition coefficient (Wildman–Crippen LogP) is 10.6. The third kappa shape index (κ3) is 38.8. The van der Waals surface area contributed by atoms with Crippen molar-refractivity contribution < 1.29 is 62.3 Å². The first-order valence-electron chi connectivity index (χ1n) is 26.2. The van der Waals surface area contributed by atoms with Crippen LogP contribution in [0.1, 0.15) is 220 Å². The van der Waals surface area contributed by atoms with Crippen molar-refractivity contribution in [1.82, 2.24) is 4.90 Å². The van der Waals surface area contributed by atoms with E-state index in [2.05, 4.69) is 27.7 Å². The number of nitrogens with zero attached hydrogens (tertiary/aromatic N) is 1. The van der Waals surface area contributed by atoms with Crippen molar-refractivity contribution in [3.8, 4) is 0 Å². The molecule has 66 heavy (non-hydrogen) atoms. The van der Waals surface area contributed by atoms with Crippen LogP contribution in [0.15, 0.2) is 0 Å². The summed E-state index contributed by atoms with van der Waals surface area (Å²) in [7, 11) is 1.91. The molecule has 0 saturated carbocycles. The Hall–Kier alpha value is -3.26. The van der Waals surface area contributed by atoms with E-state index in [9.17, 15) is 28.8 Å². The van der Waals surface area contributed by atoms with Crippen LogP contribution >= 0.6 is 0 Å². The van der Waals surface area contributed by atoms with Gasteiger partial charge in [0.05, 0.1) is 13.2 Å². The summed E-state index contributed by atoms with van der Waals surface area (Å²) in [5.74, 6) is -2.49. The molecule has 14 nitrogen and oxygen atoms in total. The molecule has 0 fully saturated rings. The first-order chi connectivity index (χ1) is 31.9. The summed E-state index contributed by atoms with van der Waals surface area (Å²) < 4.78 is 33.9. The van der Waals surface area contributed by atoms with Crippen LogP contribution in [-0.4, -0.2) is 112 Å². The molecule has 0 radical (unpaired) electrons. The van der Waals surface area contributed by atoms with E-state index >= 15 is 0 Å². The molecule has 0 heterocycles. The standard InChI is InChI=1S/C52H95NO13/c1-6-10-14-16-24-38-61-46(55)30-20-22-32-48(57)63-41-52(43-65-50(59)34-26-35-53(5)36-27-37-54,44-66-51(60)40-45(28-18-12-8-3)29-19-13-9-4)42-64-49(58)33-23-21-31-47(56)62-39-25-17-15-11-7-2/h45,54H,6-44H2,1-5H3. The van der Waals surface area contributed by atoms with Crippen molar-refractivity contribution >= 4 is 35.8 Å². The van der Waals surface area contributed by atoms with E-state index < -0.39 is 29.3 Å². The molecule has 0 aromatic carbocycles. The molecule has 0 aromatic heterocycles. The van der Waals surface area contributed by atoms with Gasteiger partial charge in [0.2, 0.25) is 0 Å². The van der Waals surface area contributed by atoms with Gasteiger partial charge in [-0.3, -0.25) is 28.8 Å². The maximum Gasteiger partial charge on any atom is 0.306 e. The van der Waals surface area contributed by atoms with Crippen LogP contribution < -0.4 is 0 Å². The van der Waals surface area contributed by atoms with Crippen molar-refractivity contribution in [2.24, 2.45) is 11.3 Å². The van der Waals surface area contributed by atoms with Crippen molar-refractivity contribution in [3.05, 3.63) is 0 Å². The third-order valence-electron chi connectivity index (χ3n) is 11.7. The number of unbranched alkanes of at least 4 members (excludes halogenated alkanes) is 14. The van der Waals surface area contributed by atoms with Gasteiger partial charge in [0, 0.05) is 51.7 Å². The summed E-state index contributed by atoms with van der Waals surface area (Å²) in [5, 5.41) is 9.16. The largest absolute Gasteiger partial charge is 0.466 e. The van der Waals surface area contributed by atoms with Gasteiger partial charge in [0.15, 0.2) is 0 Å². The molecule has 1 N–H and O–H groups in total. The molecule has 0 rings (SSSR count). The highest BCUT2D eigenvalue weighted by Gasteiger charge is 2.38. The molecule has 0 aliphatic heterocycles. The summed E-state index contributed by atoms with van der Waals surface area (Å²) in [6, 6.07) is 0. The molecule has 0 aromatic rings. The normalized spacial score (nSPS) is 11.5. The van der Waals surface area contributed by atoms with Crippen LogP contribution in [0.5, 0.6) is 0 Å². The second-order valence-corrected chi connectivity index (χ2v) is 18.4. The van der Waals surface area contributed by atoms with Gasteiger partial charge in [-0.05, 0) is 83.7 Å². The van der Waals surface area contributed by atoms with Crippen molar-refractivity contribution in [1.29, 1.82) is 0 Å². The van der Waals surface area contributed by atoms with Crippen LogP contribution in [0.2, 0.25) is 0 Å². The van der Waals surface area contributed by atoms with Crippen LogP contribution in [0, 0.1) is 11.3 Å². The quantitative estimate of drug-likeness (QED) is 0.0346. The average Bonchev–Trinajstić information content (AvgIpc) is 3.30. The molecule has 0 amide bonds. The Balaban J connectivity index is 5.90. The van der Waals surface area contributed by atoms with E-state index in [1.165, 1.54) is 0 Å². The third-order valence-corrected chi connectivity index (χ3v) is 11.7. The number of esters is 6. The van der Waals surface area contributed by atoms with E-state index in [1.807, 2.05) is 11.9 Å². The highest BCUT2D eigenvalue weighted by molar-refractivity contribution is 5.72. The van der Waals surface area contributed by atoms with E-state index in [-0.39, 0.29) is 89.4 Å². The average molecular weight is 942 g/mol. The molecule has 0 unspecified atom stereocenters. The first kappa shape index (κ1) is 62.7. The highest BCUT2D eigenvalue weighted by Crippen LogP contribution is 2.26. The monoisotopic (exact) mass is 942 g/mol. The summed E-state index contributed by atoms with van der Waals surface area (Å²) in [5.41, 5.74) is -1.41. The Bertz CT molecular complexity index is 1180. The van der Waals surface area contributed by atoms with Crippen LogP contribution in [0.25, 0.3) is 0 Å². The number of hydrogen-bond acceptors (Lipinski definition) is 14. The second-order valence-electron chi connectivity index (χ2n) is 18.4. The minimum atomic E-state index is -1.41. The molecular formula is C52H95NO13. The zero-order valence-electron chi connectivity index (χ0n) is 42.4. The van der Waals surface area contributed by atoms with Gasteiger partial charge in [-0.1, -0.05) is 118 Å². The Labute approximate surface area is 400 Å². The topological polar surface area (TPSA) is 181 Å². The number of hydrogen-bond donors (Lipinski definition) is 1. The fraction of sp³-hybridized carbons (Fsp3) is 0.885. The van der Waals surface area contributed by atoms with Crippen molar-refractivity contribution in [2.45, 2.75) is 220 Å². The second kappa shape index (κ2) is 44.3. The maximum atomic E-state index is 13.5. The maximum absolute atomic E-state index is 13.5. The summed E-state index contributed by atoms with van der Waals surface area (Å²) in [6.45, 7) is 9.35. The van der Waals surface area contributed by atoms with E-state index in [0.29, 0.717) is 64.8 Å². The lowest BCUT2D eigenvalue weighted by molar-refractivity contribution is -0.171. The molecular weight excluding hydrogens is 847 g/mol. The van der Waals surface area contributed by atoms with E-state index in [4.69, 9.17) is 33.5 Å². The lowest BCUT2D eigenvalue weighted by atomic mass is 9.91. The molecule has 0 atom stereocenters. The predicted molar refractivity (Wildman–Crippen MR) is 257 cm³/mol. The van der Waals surface area contributed by atoms with Crippen LogP contribution in [-0.2, 0) is 57.2 Å². The Kier molecular flexibility index (Phi) is 42.1. The van der Waals surface area contributed by atoms with E-state index in [1.54, 1.807) is 0 Å². The number of carbonyl (C=O) groups excluding carboxylic acids is 6. The molecule has 14 heteroatoms. The van der Waals surface area contributed by atoms with Gasteiger partial charge in [0.1, 0.15) is 31.8 Å². The summed E-state index contributed by atoms with van der Waals surface area (Å²) >= 11 is 0. The van der Waals surface area contributed by atoms with Gasteiger partial charge in [0.25, 0.3) is 0 Å². The van der Waals surface area contributed by atoms with Gasteiger partial charge in [-0.2, -0.15) is 0 Å².